The molecule has 5 nitrogen and oxygen atoms in total. The minimum atomic E-state index is -0.383. The first kappa shape index (κ1) is 16.0. The minimum absolute atomic E-state index is 0.317. The van der Waals surface area contributed by atoms with Gasteiger partial charge in [0.25, 0.3) is 0 Å². The van der Waals surface area contributed by atoms with Crippen LogP contribution < -0.4 is 0 Å². The second-order valence-electron chi connectivity index (χ2n) is 5.82. The molecule has 0 spiro atoms. The van der Waals surface area contributed by atoms with Crippen LogP contribution in [0.4, 0.5) is 0 Å². The van der Waals surface area contributed by atoms with E-state index >= 15 is 0 Å². The fraction of sp³-hybridized carbons (Fsp3) is 0.0952. The number of nitrogens with zero attached hydrogens (tertiary/aromatic N) is 2. The van der Waals surface area contributed by atoms with E-state index in [4.69, 9.17) is 4.74 Å². The van der Waals surface area contributed by atoms with Gasteiger partial charge in [0.05, 0.1) is 29.7 Å². The Morgan fingerprint density at radius 3 is 2.42 bits per heavy atom. The van der Waals surface area contributed by atoms with E-state index in [1.807, 2.05) is 42.5 Å². The fourth-order valence-corrected chi connectivity index (χ4v) is 2.91. The molecule has 0 atom stereocenters. The molecule has 0 unspecified atom stereocenters. The lowest BCUT2D eigenvalue weighted by molar-refractivity contribution is 0.0528. The van der Waals surface area contributed by atoms with Crippen molar-refractivity contribution >= 4 is 17.1 Å². The van der Waals surface area contributed by atoms with E-state index < -0.39 is 0 Å². The van der Waals surface area contributed by atoms with Gasteiger partial charge in [-0.05, 0) is 24.1 Å². The summed E-state index contributed by atoms with van der Waals surface area (Å²) in [5, 5.41) is 0. The molecule has 2 aromatic heterocycles. The summed E-state index contributed by atoms with van der Waals surface area (Å²) in [6, 6.07) is 20.0. The van der Waals surface area contributed by atoms with Crippen molar-refractivity contribution in [3.63, 3.8) is 0 Å². The Morgan fingerprint density at radius 1 is 1.00 bits per heavy atom. The van der Waals surface area contributed by atoms with Crippen LogP contribution in [-0.4, -0.2) is 27.5 Å². The lowest BCUT2D eigenvalue weighted by Crippen LogP contribution is -2.06. The van der Waals surface area contributed by atoms with E-state index in [0.29, 0.717) is 29.0 Å². The van der Waals surface area contributed by atoms with E-state index in [1.165, 1.54) is 6.33 Å². The normalized spacial score (nSPS) is 10.8. The summed E-state index contributed by atoms with van der Waals surface area (Å²) in [7, 11) is 0. The van der Waals surface area contributed by atoms with Gasteiger partial charge in [0.1, 0.15) is 0 Å². The average molecular weight is 343 g/mol. The number of carbonyl (C=O) groups is 1. The molecule has 2 aromatic carbocycles. The first-order valence-corrected chi connectivity index (χ1v) is 8.43. The zero-order valence-corrected chi connectivity index (χ0v) is 14.3. The van der Waals surface area contributed by atoms with E-state index in [9.17, 15) is 4.79 Å². The lowest BCUT2D eigenvalue weighted by atomic mass is 10.0. The zero-order valence-electron chi connectivity index (χ0n) is 14.3. The van der Waals surface area contributed by atoms with Gasteiger partial charge in [0.2, 0.25) is 0 Å². The Kier molecular flexibility index (Phi) is 4.19. The van der Waals surface area contributed by atoms with E-state index in [-0.39, 0.29) is 5.97 Å². The van der Waals surface area contributed by atoms with Crippen LogP contribution in [0.15, 0.2) is 67.0 Å². The number of pyridine rings is 1. The van der Waals surface area contributed by atoms with Crippen LogP contribution in [0.2, 0.25) is 0 Å². The molecule has 0 saturated carbocycles. The minimum Gasteiger partial charge on any atom is -0.462 e. The number of esters is 1. The first-order valence-electron chi connectivity index (χ1n) is 8.43. The van der Waals surface area contributed by atoms with Gasteiger partial charge >= 0.3 is 5.97 Å². The Labute approximate surface area is 150 Å². The summed E-state index contributed by atoms with van der Waals surface area (Å²) in [6.45, 7) is 2.10. The average Bonchev–Trinajstić information content (AvgIpc) is 3.17. The first-order chi connectivity index (χ1) is 12.8. The maximum atomic E-state index is 12.3. The number of H-pyrrole nitrogens is 1. The molecular weight excluding hydrogens is 326 g/mol. The van der Waals surface area contributed by atoms with Crippen molar-refractivity contribution in [2.45, 2.75) is 6.92 Å². The van der Waals surface area contributed by atoms with Crippen molar-refractivity contribution in [3.8, 4) is 22.4 Å². The number of carbonyl (C=O) groups excluding carboxylic acids is 1. The maximum absolute atomic E-state index is 12.3. The number of imidazole rings is 1. The largest absolute Gasteiger partial charge is 0.462 e. The van der Waals surface area contributed by atoms with Gasteiger partial charge in [0, 0.05) is 5.56 Å². The summed E-state index contributed by atoms with van der Waals surface area (Å²) in [5.74, 6) is -0.383. The second-order valence-corrected chi connectivity index (χ2v) is 5.82. The zero-order chi connectivity index (χ0) is 17.9. The Balaban J connectivity index is 1.76. The molecule has 0 aliphatic carbocycles. The quantitative estimate of drug-likeness (QED) is 0.555. The standard InChI is InChI=1S/C21H17N3O2/c1-2-26-21(25)17-12-18(24-20-19(17)22-13-23-20)16-10-8-15(9-11-16)14-6-4-3-5-7-14/h3-13H,2H2,1H3,(H,22,23,24). The molecule has 128 valence electrons. The summed E-state index contributed by atoms with van der Waals surface area (Å²) >= 11 is 0. The van der Waals surface area contributed by atoms with Crippen molar-refractivity contribution in [1.82, 2.24) is 15.0 Å². The van der Waals surface area contributed by atoms with Crippen molar-refractivity contribution in [2.24, 2.45) is 0 Å². The molecule has 2 heterocycles. The van der Waals surface area contributed by atoms with Crippen LogP contribution in [0.5, 0.6) is 0 Å². The third-order valence-electron chi connectivity index (χ3n) is 4.18. The Morgan fingerprint density at radius 2 is 1.69 bits per heavy atom. The van der Waals surface area contributed by atoms with Gasteiger partial charge < -0.3 is 9.72 Å². The van der Waals surface area contributed by atoms with E-state index in [0.717, 1.165) is 16.7 Å². The van der Waals surface area contributed by atoms with Crippen LogP contribution in [-0.2, 0) is 4.74 Å². The number of hydrogen-bond donors (Lipinski definition) is 1. The number of nitrogens with one attached hydrogen (secondary N) is 1. The molecule has 5 heteroatoms. The van der Waals surface area contributed by atoms with Gasteiger partial charge in [0.15, 0.2) is 5.65 Å². The van der Waals surface area contributed by atoms with Crippen molar-refractivity contribution in [2.75, 3.05) is 6.61 Å². The third kappa shape index (κ3) is 2.95. The fourth-order valence-electron chi connectivity index (χ4n) is 2.91. The summed E-state index contributed by atoms with van der Waals surface area (Å²) in [4.78, 5) is 24.0. The lowest BCUT2D eigenvalue weighted by Gasteiger charge is -2.07. The highest BCUT2D eigenvalue weighted by molar-refractivity contribution is 6.02. The molecule has 0 fully saturated rings. The van der Waals surface area contributed by atoms with Crippen LogP contribution in [0, 0.1) is 0 Å². The van der Waals surface area contributed by atoms with Crippen LogP contribution >= 0.6 is 0 Å². The van der Waals surface area contributed by atoms with Gasteiger partial charge in [-0.1, -0.05) is 54.6 Å². The number of aromatic amines is 1. The number of fused-ring (bicyclic) bond motifs is 1. The van der Waals surface area contributed by atoms with Crippen molar-refractivity contribution < 1.29 is 9.53 Å². The van der Waals surface area contributed by atoms with Gasteiger partial charge in [-0.25, -0.2) is 14.8 Å². The third-order valence-corrected chi connectivity index (χ3v) is 4.18. The molecule has 26 heavy (non-hydrogen) atoms. The number of aromatic nitrogens is 3. The molecule has 1 N–H and O–H groups in total. The second kappa shape index (κ2) is 6.80. The van der Waals surface area contributed by atoms with Crippen LogP contribution in [0.3, 0.4) is 0 Å². The molecule has 0 saturated heterocycles. The highest BCUT2D eigenvalue weighted by atomic mass is 16.5. The van der Waals surface area contributed by atoms with Crippen molar-refractivity contribution in [3.05, 3.63) is 72.6 Å². The molecule has 0 radical (unpaired) electrons. The van der Waals surface area contributed by atoms with Crippen LogP contribution in [0.25, 0.3) is 33.5 Å². The predicted octanol–water partition coefficient (Wildman–Crippen LogP) is 4.47. The molecule has 4 aromatic rings. The van der Waals surface area contributed by atoms with Crippen LogP contribution in [0.1, 0.15) is 17.3 Å². The van der Waals surface area contributed by atoms with Gasteiger partial charge in [-0.3, -0.25) is 0 Å². The number of hydrogen-bond acceptors (Lipinski definition) is 4. The maximum Gasteiger partial charge on any atom is 0.340 e. The smallest absolute Gasteiger partial charge is 0.340 e. The monoisotopic (exact) mass is 343 g/mol. The molecule has 0 bridgehead atoms. The topological polar surface area (TPSA) is 67.9 Å². The van der Waals surface area contributed by atoms with E-state index in [1.54, 1.807) is 13.0 Å². The summed E-state index contributed by atoms with van der Waals surface area (Å²) in [6.07, 6.45) is 1.53. The van der Waals surface area contributed by atoms with Crippen molar-refractivity contribution in [1.29, 1.82) is 0 Å². The summed E-state index contributed by atoms with van der Waals surface area (Å²) in [5.41, 5.74) is 5.41. The number of ether oxygens (including phenoxy) is 1. The molecule has 0 aliphatic rings. The Bertz CT molecular complexity index is 1050. The number of rotatable bonds is 4. The van der Waals surface area contributed by atoms with E-state index in [2.05, 4.69) is 27.1 Å². The Hall–Kier alpha value is -3.47. The predicted molar refractivity (Wildman–Crippen MR) is 101 cm³/mol. The highest BCUT2D eigenvalue weighted by Gasteiger charge is 2.16. The molecule has 0 amide bonds. The summed E-state index contributed by atoms with van der Waals surface area (Å²) < 4.78 is 5.16. The van der Waals surface area contributed by atoms with Gasteiger partial charge in [-0.2, -0.15) is 0 Å². The molecular formula is C21H17N3O2. The highest BCUT2D eigenvalue weighted by Crippen LogP contribution is 2.26. The molecule has 4 rings (SSSR count). The SMILES string of the molecule is CCOC(=O)c1cc(-c2ccc(-c3ccccc3)cc2)nc2nc[nH]c12. The molecule has 0 aliphatic heterocycles. The number of benzene rings is 2. The van der Waals surface area contributed by atoms with Gasteiger partial charge in [-0.15, -0.1) is 0 Å².